The van der Waals surface area contributed by atoms with Crippen molar-refractivity contribution in [2.45, 2.75) is 16.5 Å². The lowest BCUT2D eigenvalue weighted by molar-refractivity contribution is 0.0467. The van der Waals surface area contributed by atoms with Crippen molar-refractivity contribution < 1.29 is 22.7 Å². The lowest BCUT2D eigenvalue weighted by Gasteiger charge is -2.26. The molecule has 1 fully saturated rings. The van der Waals surface area contributed by atoms with Crippen molar-refractivity contribution in [1.82, 2.24) is 9.29 Å². The highest BCUT2D eigenvalue weighted by molar-refractivity contribution is 7.98. The number of hydrogen-bond donors (Lipinski definition) is 0. The first-order chi connectivity index (χ1) is 13.0. The Hall–Kier alpha value is -1.94. The summed E-state index contributed by atoms with van der Waals surface area (Å²) in [4.78, 5) is 16.6. The zero-order valence-electron chi connectivity index (χ0n) is 14.8. The number of rotatable bonds is 6. The second-order valence-corrected chi connectivity index (χ2v) is 8.53. The third-order valence-corrected chi connectivity index (χ3v) is 6.67. The van der Waals surface area contributed by atoms with E-state index >= 15 is 0 Å². The smallest absolute Gasteiger partial charge is 0.341 e. The van der Waals surface area contributed by atoms with Crippen LogP contribution in [-0.4, -0.2) is 56.2 Å². The quantitative estimate of drug-likeness (QED) is 0.535. The summed E-state index contributed by atoms with van der Waals surface area (Å²) in [6, 6.07) is 9.78. The first-order valence-electron chi connectivity index (χ1n) is 8.35. The summed E-state index contributed by atoms with van der Waals surface area (Å²) >= 11 is 1.36. The Bertz CT molecular complexity index is 911. The first-order valence-corrected chi connectivity index (χ1v) is 11.0. The monoisotopic (exact) mass is 408 g/mol. The van der Waals surface area contributed by atoms with Gasteiger partial charge in [-0.05, 0) is 36.1 Å². The summed E-state index contributed by atoms with van der Waals surface area (Å²) in [5.74, 6) is -0.492. The number of carbonyl (C=O) groups is 1. The highest BCUT2D eigenvalue weighted by Gasteiger charge is 2.26. The van der Waals surface area contributed by atoms with Crippen molar-refractivity contribution in [1.29, 1.82) is 0 Å². The predicted octanol–water partition coefficient (Wildman–Crippen LogP) is 2.18. The molecular weight excluding hydrogens is 388 g/mol. The lowest BCUT2D eigenvalue weighted by atomic mass is 10.2. The summed E-state index contributed by atoms with van der Waals surface area (Å²) in [5, 5.41) is 0.589. The molecule has 1 saturated heterocycles. The van der Waals surface area contributed by atoms with Gasteiger partial charge in [0, 0.05) is 19.3 Å². The van der Waals surface area contributed by atoms with Crippen LogP contribution in [0.2, 0.25) is 0 Å². The topological polar surface area (TPSA) is 85.8 Å². The molecule has 0 spiro atoms. The number of hydrogen-bond acceptors (Lipinski definition) is 7. The zero-order chi connectivity index (χ0) is 19.3. The third kappa shape index (κ3) is 4.67. The summed E-state index contributed by atoms with van der Waals surface area (Å²) < 4.78 is 37.4. The second-order valence-electron chi connectivity index (χ2n) is 5.80. The molecule has 0 bridgehead atoms. The molecule has 9 heteroatoms. The fraction of sp³-hybridized carbons (Fsp3) is 0.333. The van der Waals surface area contributed by atoms with Gasteiger partial charge in [-0.2, -0.15) is 4.31 Å². The molecule has 0 N–H and O–H groups in total. The minimum atomic E-state index is -3.59. The Morgan fingerprint density at radius 3 is 2.78 bits per heavy atom. The van der Waals surface area contributed by atoms with Crippen LogP contribution < -0.4 is 0 Å². The van der Waals surface area contributed by atoms with E-state index < -0.39 is 16.0 Å². The minimum Gasteiger partial charge on any atom is -0.457 e. The van der Waals surface area contributed by atoms with Gasteiger partial charge in [0.05, 0.1) is 23.7 Å². The van der Waals surface area contributed by atoms with Crippen LogP contribution in [0, 0.1) is 0 Å². The Kier molecular flexibility index (Phi) is 6.48. The van der Waals surface area contributed by atoms with E-state index in [4.69, 9.17) is 9.47 Å². The number of nitrogens with zero attached hydrogens (tertiary/aromatic N) is 2. The molecule has 27 heavy (non-hydrogen) atoms. The van der Waals surface area contributed by atoms with Crippen molar-refractivity contribution in [3.05, 3.63) is 53.7 Å². The number of carbonyl (C=O) groups excluding carboxylic acids is 1. The normalized spacial score (nSPS) is 15.4. The SMILES string of the molecule is CSc1ncccc1C(=O)OCc1cccc(S(=O)(=O)N2CCOCC2)c1. The summed E-state index contributed by atoms with van der Waals surface area (Å²) in [6.45, 7) is 1.42. The number of morpholine rings is 1. The van der Waals surface area contributed by atoms with Gasteiger partial charge in [0.1, 0.15) is 11.6 Å². The molecule has 0 atom stereocenters. The zero-order valence-corrected chi connectivity index (χ0v) is 16.5. The molecule has 144 valence electrons. The Morgan fingerprint density at radius 2 is 2.04 bits per heavy atom. The summed E-state index contributed by atoms with van der Waals surface area (Å²) in [6.07, 6.45) is 3.45. The largest absolute Gasteiger partial charge is 0.457 e. The van der Waals surface area contributed by atoms with Gasteiger partial charge in [0.15, 0.2) is 0 Å². The van der Waals surface area contributed by atoms with Gasteiger partial charge in [0.25, 0.3) is 0 Å². The number of sulfonamides is 1. The number of thioether (sulfide) groups is 1. The molecule has 1 aliphatic rings. The van der Waals surface area contributed by atoms with E-state index in [9.17, 15) is 13.2 Å². The molecular formula is C18H20N2O5S2. The summed E-state index contributed by atoms with van der Waals surface area (Å²) in [5.41, 5.74) is 0.995. The highest BCUT2D eigenvalue weighted by atomic mass is 32.2. The van der Waals surface area contributed by atoms with E-state index in [1.54, 1.807) is 36.5 Å². The maximum Gasteiger partial charge on any atom is 0.341 e. The maximum absolute atomic E-state index is 12.7. The van der Waals surface area contributed by atoms with Gasteiger partial charge in [-0.1, -0.05) is 12.1 Å². The van der Waals surface area contributed by atoms with Crippen LogP contribution in [0.5, 0.6) is 0 Å². The molecule has 2 heterocycles. The van der Waals surface area contributed by atoms with Crippen LogP contribution in [-0.2, 0) is 26.1 Å². The van der Waals surface area contributed by atoms with Crippen molar-refractivity contribution in [2.75, 3.05) is 32.6 Å². The molecule has 0 unspecified atom stereocenters. The molecule has 7 nitrogen and oxygen atoms in total. The van der Waals surface area contributed by atoms with Gasteiger partial charge in [-0.3, -0.25) is 0 Å². The minimum absolute atomic E-state index is 0.0198. The standard InChI is InChI=1S/C18H20N2O5S2/c1-26-17-16(6-3-7-19-17)18(21)25-13-14-4-2-5-15(12-14)27(22,23)20-8-10-24-11-9-20/h2-7,12H,8-11,13H2,1H3. The van der Waals surface area contributed by atoms with Crippen LogP contribution in [0.1, 0.15) is 15.9 Å². The van der Waals surface area contributed by atoms with Gasteiger partial charge in [-0.15, -0.1) is 11.8 Å². The Morgan fingerprint density at radius 1 is 1.26 bits per heavy atom. The average molecular weight is 409 g/mol. The van der Waals surface area contributed by atoms with Crippen LogP contribution in [0.25, 0.3) is 0 Å². The number of benzene rings is 1. The van der Waals surface area contributed by atoms with Crippen LogP contribution >= 0.6 is 11.8 Å². The Labute approximate surface area is 162 Å². The van der Waals surface area contributed by atoms with E-state index in [0.717, 1.165) is 0 Å². The highest BCUT2D eigenvalue weighted by Crippen LogP contribution is 2.20. The number of aromatic nitrogens is 1. The molecule has 0 radical (unpaired) electrons. The fourth-order valence-corrected chi connectivity index (χ4v) is 4.68. The summed E-state index contributed by atoms with van der Waals surface area (Å²) in [7, 11) is -3.59. The van der Waals surface area contributed by atoms with E-state index in [-0.39, 0.29) is 11.5 Å². The molecule has 1 aromatic carbocycles. The van der Waals surface area contributed by atoms with Gasteiger partial charge < -0.3 is 9.47 Å². The van der Waals surface area contributed by atoms with E-state index in [2.05, 4.69) is 4.98 Å². The van der Waals surface area contributed by atoms with E-state index in [1.807, 2.05) is 6.26 Å². The van der Waals surface area contributed by atoms with Crippen LogP contribution in [0.3, 0.4) is 0 Å². The first kappa shape index (κ1) is 19.8. The van der Waals surface area contributed by atoms with Gasteiger partial charge in [0.2, 0.25) is 10.0 Å². The van der Waals surface area contributed by atoms with Crippen LogP contribution in [0.15, 0.2) is 52.5 Å². The van der Waals surface area contributed by atoms with Crippen molar-refractivity contribution in [3.63, 3.8) is 0 Å². The Balaban J connectivity index is 1.71. The maximum atomic E-state index is 12.7. The number of ether oxygens (including phenoxy) is 2. The van der Waals surface area contributed by atoms with Gasteiger partial charge >= 0.3 is 5.97 Å². The molecule has 0 amide bonds. The third-order valence-electron chi connectivity index (χ3n) is 4.06. The fourth-order valence-electron chi connectivity index (χ4n) is 2.67. The number of pyridine rings is 1. The molecule has 1 aliphatic heterocycles. The molecule has 3 rings (SSSR count). The number of esters is 1. The van der Waals surface area contributed by atoms with E-state index in [0.29, 0.717) is 42.5 Å². The van der Waals surface area contributed by atoms with E-state index in [1.165, 1.54) is 22.1 Å². The van der Waals surface area contributed by atoms with Gasteiger partial charge in [-0.25, -0.2) is 18.2 Å². The molecule has 0 aliphatic carbocycles. The van der Waals surface area contributed by atoms with Crippen molar-refractivity contribution >= 4 is 27.8 Å². The van der Waals surface area contributed by atoms with Crippen molar-refractivity contribution in [2.24, 2.45) is 0 Å². The second kappa shape index (κ2) is 8.83. The molecule has 1 aromatic heterocycles. The molecule has 0 saturated carbocycles. The van der Waals surface area contributed by atoms with Crippen LogP contribution in [0.4, 0.5) is 0 Å². The lowest BCUT2D eigenvalue weighted by Crippen LogP contribution is -2.40. The molecule has 2 aromatic rings. The predicted molar refractivity (Wildman–Crippen MR) is 101 cm³/mol. The average Bonchev–Trinajstić information content (AvgIpc) is 2.72. The van der Waals surface area contributed by atoms with Crippen molar-refractivity contribution in [3.8, 4) is 0 Å².